The first-order chi connectivity index (χ1) is 8.60. The molecular formula is C14H30N4. The average Bonchev–Trinajstić information content (AvgIpc) is 2.34. The van der Waals surface area contributed by atoms with Crippen LogP contribution in [0.25, 0.3) is 0 Å². The van der Waals surface area contributed by atoms with Gasteiger partial charge in [0.05, 0.1) is 0 Å². The van der Waals surface area contributed by atoms with Crippen LogP contribution in [0.2, 0.25) is 0 Å². The molecule has 4 heteroatoms. The van der Waals surface area contributed by atoms with Gasteiger partial charge in [0.2, 0.25) is 0 Å². The fourth-order valence-corrected chi connectivity index (χ4v) is 3.23. The predicted molar refractivity (Wildman–Crippen MR) is 77.0 cm³/mol. The summed E-state index contributed by atoms with van der Waals surface area (Å²) in [5.74, 6) is 0. The van der Waals surface area contributed by atoms with Crippen molar-refractivity contribution in [3.8, 4) is 0 Å². The Morgan fingerprint density at radius 1 is 1.11 bits per heavy atom. The highest BCUT2D eigenvalue weighted by atomic mass is 15.3. The van der Waals surface area contributed by atoms with Crippen LogP contribution in [0.4, 0.5) is 0 Å². The number of hydrogen-bond acceptors (Lipinski definition) is 4. The quantitative estimate of drug-likeness (QED) is 0.782. The zero-order chi connectivity index (χ0) is 13.1. The lowest BCUT2D eigenvalue weighted by Gasteiger charge is -2.45. The molecule has 0 radical (unpaired) electrons. The molecule has 18 heavy (non-hydrogen) atoms. The molecule has 106 valence electrons. The molecule has 2 aliphatic heterocycles. The van der Waals surface area contributed by atoms with E-state index in [1.165, 1.54) is 39.1 Å². The molecule has 2 heterocycles. The van der Waals surface area contributed by atoms with Crippen LogP contribution in [-0.4, -0.2) is 86.2 Å². The Morgan fingerprint density at radius 2 is 1.89 bits per heavy atom. The minimum absolute atomic E-state index is 0.638. The van der Waals surface area contributed by atoms with Crippen molar-refractivity contribution in [1.29, 1.82) is 0 Å². The third-order valence-corrected chi connectivity index (χ3v) is 4.62. The fourth-order valence-electron chi connectivity index (χ4n) is 3.23. The lowest BCUT2D eigenvalue weighted by Crippen LogP contribution is -2.61. The van der Waals surface area contributed by atoms with Crippen molar-refractivity contribution in [1.82, 2.24) is 20.0 Å². The van der Waals surface area contributed by atoms with Crippen molar-refractivity contribution in [3.05, 3.63) is 0 Å². The standard InChI is InChI=1S/C14H30N4/c1-5-13-8-15-12(2)9-18(13)11-14-10-16(3)6-7-17(14)4/h12-15H,5-11H2,1-4H3. The van der Waals surface area contributed by atoms with Crippen molar-refractivity contribution in [2.45, 2.75) is 38.4 Å². The topological polar surface area (TPSA) is 21.8 Å². The molecular weight excluding hydrogens is 224 g/mol. The second-order valence-corrected chi connectivity index (χ2v) is 6.22. The first-order valence-electron chi connectivity index (χ1n) is 7.46. The second kappa shape index (κ2) is 6.33. The summed E-state index contributed by atoms with van der Waals surface area (Å²) < 4.78 is 0. The van der Waals surface area contributed by atoms with E-state index in [9.17, 15) is 0 Å². The van der Waals surface area contributed by atoms with Gasteiger partial charge in [0.1, 0.15) is 0 Å². The summed E-state index contributed by atoms with van der Waals surface area (Å²) in [6, 6.07) is 2.06. The van der Waals surface area contributed by atoms with Crippen LogP contribution in [0.15, 0.2) is 0 Å². The highest BCUT2D eigenvalue weighted by Gasteiger charge is 2.29. The molecule has 2 aliphatic rings. The van der Waals surface area contributed by atoms with Gasteiger partial charge >= 0.3 is 0 Å². The van der Waals surface area contributed by atoms with E-state index < -0.39 is 0 Å². The minimum Gasteiger partial charge on any atom is -0.311 e. The maximum Gasteiger partial charge on any atom is 0.0347 e. The van der Waals surface area contributed by atoms with Gasteiger partial charge in [0, 0.05) is 57.4 Å². The molecule has 2 rings (SSSR count). The van der Waals surface area contributed by atoms with E-state index in [0.29, 0.717) is 12.1 Å². The molecule has 0 spiro atoms. The Morgan fingerprint density at radius 3 is 2.61 bits per heavy atom. The predicted octanol–water partition coefficient (Wildman–Crippen LogP) is 0.305. The SMILES string of the molecule is CCC1CNC(C)CN1CC1CN(C)CCN1C. The summed E-state index contributed by atoms with van der Waals surface area (Å²) in [6.45, 7) is 11.8. The molecule has 1 N–H and O–H groups in total. The zero-order valence-electron chi connectivity index (χ0n) is 12.5. The summed E-state index contributed by atoms with van der Waals surface area (Å²) in [6.07, 6.45) is 1.26. The number of piperazine rings is 2. The Hall–Kier alpha value is -0.160. The van der Waals surface area contributed by atoms with Gasteiger partial charge in [-0.25, -0.2) is 0 Å². The van der Waals surface area contributed by atoms with Crippen molar-refractivity contribution < 1.29 is 0 Å². The first-order valence-corrected chi connectivity index (χ1v) is 7.46. The molecule has 0 amide bonds. The van der Waals surface area contributed by atoms with Gasteiger partial charge in [0.15, 0.2) is 0 Å². The Bertz CT molecular complexity index is 258. The molecule has 0 bridgehead atoms. The third kappa shape index (κ3) is 3.44. The molecule has 0 aromatic carbocycles. The molecule has 4 nitrogen and oxygen atoms in total. The van der Waals surface area contributed by atoms with Crippen molar-refractivity contribution in [2.75, 3.05) is 53.4 Å². The van der Waals surface area contributed by atoms with Crippen molar-refractivity contribution in [2.24, 2.45) is 0 Å². The van der Waals surface area contributed by atoms with E-state index in [-0.39, 0.29) is 0 Å². The van der Waals surface area contributed by atoms with Gasteiger partial charge in [-0.2, -0.15) is 0 Å². The van der Waals surface area contributed by atoms with Crippen LogP contribution in [0, 0.1) is 0 Å². The van der Waals surface area contributed by atoms with Crippen LogP contribution in [-0.2, 0) is 0 Å². The lowest BCUT2D eigenvalue weighted by atomic mass is 10.0. The Labute approximate surface area is 112 Å². The van der Waals surface area contributed by atoms with E-state index in [1.807, 2.05) is 0 Å². The first kappa shape index (κ1) is 14.3. The Balaban J connectivity index is 1.92. The summed E-state index contributed by atoms with van der Waals surface area (Å²) in [7, 11) is 4.53. The molecule has 3 atom stereocenters. The molecule has 2 saturated heterocycles. The van der Waals surface area contributed by atoms with Crippen LogP contribution >= 0.6 is 0 Å². The van der Waals surface area contributed by atoms with Crippen LogP contribution in [0.1, 0.15) is 20.3 Å². The minimum atomic E-state index is 0.638. The second-order valence-electron chi connectivity index (χ2n) is 6.22. The number of hydrogen-bond donors (Lipinski definition) is 1. The molecule has 0 aromatic heterocycles. The summed E-state index contributed by atoms with van der Waals surface area (Å²) in [5.41, 5.74) is 0. The molecule has 2 fully saturated rings. The summed E-state index contributed by atoms with van der Waals surface area (Å²) in [5, 5.41) is 3.60. The molecule has 0 aliphatic carbocycles. The van der Waals surface area contributed by atoms with E-state index >= 15 is 0 Å². The van der Waals surface area contributed by atoms with Crippen molar-refractivity contribution >= 4 is 0 Å². The maximum absolute atomic E-state index is 3.60. The van der Waals surface area contributed by atoms with Gasteiger partial charge in [-0.15, -0.1) is 0 Å². The van der Waals surface area contributed by atoms with Gasteiger partial charge < -0.3 is 10.2 Å². The van der Waals surface area contributed by atoms with Gasteiger partial charge in [-0.05, 0) is 27.4 Å². The van der Waals surface area contributed by atoms with E-state index in [0.717, 1.165) is 12.6 Å². The van der Waals surface area contributed by atoms with Gasteiger partial charge in [-0.1, -0.05) is 6.92 Å². The number of nitrogens with one attached hydrogen (secondary N) is 1. The zero-order valence-corrected chi connectivity index (χ0v) is 12.5. The monoisotopic (exact) mass is 254 g/mol. The number of nitrogens with zero attached hydrogens (tertiary/aromatic N) is 3. The van der Waals surface area contributed by atoms with Gasteiger partial charge in [-0.3, -0.25) is 9.80 Å². The maximum atomic E-state index is 3.60. The highest BCUT2D eigenvalue weighted by Crippen LogP contribution is 2.14. The summed E-state index contributed by atoms with van der Waals surface area (Å²) in [4.78, 5) is 7.72. The molecule has 3 unspecified atom stereocenters. The van der Waals surface area contributed by atoms with Gasteiger partial charge in [0.25, 0.3) is 0 Å². The molecule has 0 saturated carbocycles. The highest BCUT2D eigenvalue weighted by molar-refractivity contribution is 4.88. The smallest absolute Gasteiger partial charge is 0.0347 e. The third-order valence-electron chi connectivity index (χ3n) is 4.62. The van der Waals surface area contributed by atoms with Crippen LogP contribution in [0.5, 0.6) is 0 Å². The molecule has 0 aromatic rings. The lowest BCUT2D eigenvalue weighted by molar-refractivity contribution is 0.0501. The largest absolute Gasteiger partial charge is 0.311 e. The fraction of sp³-hybridized carbons (Fsp3) is 1.00. The van der Waals surface area contributed by atoms with E-state index in [2.05, 4.69) is 48.0 Å². The number of likely N-dealkylation sites (N-methyl/N-ethyl adjacent to an activating group) is 2. The summed E-state index contributed by atoms with van der Waals surface area (Å²) >= 11 is 0. The normalized spacial score (nSPS) is 37.0. The Kier molecular flexibility index (Phi) is 5.01. The van der Waals surface area contributed by atoms with Crippen LogP contribution < -0.4 is 5.32 Å². The number of rotatable bonds is 3. The van der Waals surface area contributed by atoms with E-state index in [1.54, 1.807) is 0 Å². The van der Waals surface area contributed by atoms with Crippen molar-refractivity contribution in [3.63, 3.8) is 0 Å². The van der Waals surface area contributed by atoms with E-state index in [4.69, 9.17) is 0 Å². The average molecular weight is 254 g/mol. The van der Waals surface area contributed by atoms with Crippen LogP contribution in [0.3, 0.4) is 0 Å².